The van der Waals surface area contributed by atoms with E-state index in [4.69, 9.17) is 11.6 Å². The number of amides is 1. The number of nitrogens with one attached hydrogen (secondary N) is 1. The van der Waals surface area contributed by atoms with Gasteiger partial charge in [0.05, 0.1) is 4.90 Å². The van der Waals surface area contributed by atoms with Crippen molar-refractivity contribution < 1.29 is 13.2 Å². The standard InChI is InChI=1S/C22H25ClN2O3S/c1-25(19-8-3-2-4-9-19)29(27,28)20-14-12-18(13-15-20)24-22(26)16-11-17-7-5-6-10-21(17)23/h5-7,10-16,19H,2-4,8-9H2,1H3,(H,24,26). The van der Waals surface area contributed by atoms with Crippen LogP contribution in [0.4, 0.5) is 5.69 Å². The van der Waals surface area contributed by atoms with Crippen LogP contribution in [0.3, 0.4) is 0 Å². The summed E-state index contributed by atoms with van der Waals surface area (Å²) in [7, 11) is -1.89. The lowest BCUT2D eigenvalue weighted by atomic mass is 9.96. The van der Waals surface area contributed by atoms with Gasteiger partial charge in [-0.25, -0.2) is 8.42 Å². The highest BCUT2D eigenvalue weighted by Crippen LogP contribution is 2.27. The van der Waals surface area contributed by atoms with Crippen molar-refractivity contribution >= 4 is 39.3 Å². The van der Waals surface area contributed by atoms with E-state index in [2.05, 4.69) is 5.32 Å². The lowest BCUT2D eigenvalue weighted by Gasteiger charge is -2.30. The summed E-state index contributed by atoms with van der Waals surface area (Å²) >= 11 is 6.07. The van der Waals surface area contributed by atoms with Crippen molar-refractivity contribution in [2.24, 2.45) is 0 Å². The molecule has 2 aromatic carbocycles. The highest BCUT2D eigenvalue weighted by Gasteiger charge is 2.28. The van der Waals surface area contributed by atoms with Crippen LogP contribution in [-0.4, -0.2) is 31.7 Å². The van der Waals surface area contributed by atoms with Crippen molar-refractivity contribution in [3.63, 3.8) is 0 Å². The van der Waals surface area contributed by atoms with E-state index in [1.807, 2.05) is 18.2 Å². The van der Waals surface area contributed by atoms with Gasteiger partial charge >= 0.3 is 0 Å². The molecule has 0 spiro atoms. The van der Waals surface area contributed by atoms with E-state index in [0.717, 1.165) is 31.2 Å². The Balaban J connectivity index is 1.65. The van der Waals surface area contributed by atoms with Crippen LogP contribution in [0.15, 0.2) is 59.5 Å². The van der Waals surface area contributed by atoms with E-state index in [0.29, 0.717) is 10.7 Å². The third-order valence-electron chi connectivity index (χ3n) is 5.21. The lowest BCUT2D eigenvalue weighted by molar-refractivity contribution is -0.111. The molecule has 1 amide bonds. The normalized spacial score (nSPS) is 15.7. The number of halogens is 1. The van der Waals surface area contributed by atoms with Crippen molar-refractivity contribution in [3.05, 3.63) is 65.2 Å². The number of anilines is 1. The molecule has 5 nitrogen and oxygen atoms in total. The van der Waals surface area contributed by atoms with Gasteiger partial charge < -0.3 is 5.32 Å². The van der Waals surface area contributed by atoms with Gasteiger partial charge in [-0.1, -0.05) is 49.1 Å². The number of benzene rings is 2. The minimum atomic E-state index is -3.54. The van der Waals surface area contributed by atoms with Crippen LogP contribution >= 0.6 is 11.6 Å². The largest absolute Gasteiger partial charge is 0.323 e. The summed E-state index contributed by atoms with van der Waals surface area (Å²) in [5.74, 6) is -0.320. The summed E-state index contributed by atoms with van der Waals surface area (Å²) in [5.41, 5.74) is 1.27. The summed E-state index contributed by atoms with van der Waals surface area (Å²) in [5, 5.41) is 3.29. The average molecular weight is 433 g/mol. The van der Waals surface area contributed by atoms with Crippen LogP contribution in [0.25, 0.3) is 6.08 Å². The zero-order valence-electron chi connectivity index (χ0n) is 16.3. The second kappa shape index (κ2) is 9.57. The van der Waals surface area contributed by atoms with Gasteiger partial charge in [-0.05, 0) is 54.8 Å². The van der Waals surface area contributed by atoms with Crippen LogP contribution < -0.4 is 5.32 Å². The molecule has 0 unspecified atom stereocenters. The van der Waals surface area contributed by atoms with Gasteiger partial charge in [-0.15, -0.1) is 0 Å². The maximum atomic E-state index is 12.9. The number of carbonyl (C=O) groups excluding carboxylic acids is 1. The van der Waals surface area contributed by atoms with E-state index in [1.54, 1.807) is 31.3 Å². The molecule has 1 saturated carbocycles. The summed E-state index contributed by atoms with van der Waals surface area (Å²) in [6.45, 7) is 0. The second-order valence-corrected chi connectivity index (χ2v) is 9.59. The van der Waals surface area contributed by atoms with Gasteiger partial charge in [0.25, 0.3) is 0 Å². The first kappa shape index (κ1) is 21.6. The van der Waals surface area contributed by atoms with Crippen LogP contribution in [0.1, 0.15) is 37.7 Å². The van der Waals surface area contributed by atoms with Crippen molar-refractivity contribution in [1.29, 1.82) is 0 Å². The maximum Gasteiger partial charge on any atom is 0.248 e. The first-order valence-corrected chi connectivity index (χ1v) is 11.5. The van der Waals surface area contributed by atoms with Gasteiger partial charge in [0.1, 0.15) is 0 Å². The Labute approximate surface area is 177 Å². The van der Waals surface area contributed by atoms with E-state index in [1.165, 1.54) is 28.9 Å². The zero-order chi connectivity index (χ0) is 20.9. The smallest absolute Gasteiger partial charge is 0.248 e. The molecule has 154 valence electrons. The van der Waals surface area contributed by atoms with Crippen molar-refractivity contribution in [2.75, 3.05) is 12.4 Å². The fourth-order valence-corrected chi connectivity index (χ4v) is 5.09. The SMILES string of the molecule is CN(C1CCCCC1)S(=O)(=O)c1ccc(NC(=O)C=Cc2ccccc2Cl)cc1. The Morgan fingerprint density at radius 2 is 1.72 bits per heavy atom. The number of nitrogens with zero attached hydrogens (tertiary/aromatic N) is 1. The number of hydrogen-bond donors (Lipinski definition) is 1. The summed E-state index contributed by atoms with van der Waals surface area (Å²) in [6.07, 6.45) is 8.14. The second-order valence-electron chi connectivity index (χ2n) is 7.18. The van der Waals surface area contributed by atoms with Crippen molar-refractivity contribution in [2.45, 2.75) is 43.0 Å². The molecule has 0 radical (unpaired) electrons. The first-order valence-electron chi connectivity index (χ1n) is 9.69. The summed E-state index contributed by atoms with van der Waals surface area (Å²) in [4.78, 5) is 12.4. The summed E-state index contributed by atoms with van der Waals surface area (Å²) in [6, 6.07) is 13.5. The summed E-state index contributed by atoms with van der Waals surface area (Å²) < 4.78 is 27.2. The van der Waals surface area contributed by atoms with Gasteiger partial charge in [0.15, 0.2) is 0 Å². The molecular formula is C22H25ClN2O3S. The molecule has 0 aliphatic heterocycles. The van der Waals surface area contributed by atoms with E-state index in [-0.39, 0.29) is 16.8 Å². The highest BCUT2D eigenvalue weighted by atomic mass is 35.5. The van der Waals surface area contributed by atoms with Gasteiger partial charge in [0, 0.05) is 29.9 Å². The molecule has 0 saturated heterocycles. The van der Waals surface area contributed by atoms with E-state index >= 15 is 0 Å². The predicted molar refractivity (Wildman–Crippen MR) is 117 cm³/mol. The monoisotopic (exact) mass is 432 g/mol. The minimum Gasteiger partial charge on any atom is -0.323 e. The molecule has 0 atom stereocenters. The molecule has 1 N–H and O–H groups in total. The molecule has 1 fully saturated rings. The van der Waals surface area contributed by atoms with Crippen LogP contribution in [0, 0.1) is 0 Å². The Morgan fingerprint density at radius 3 is 2.38 bits per heavy atom. The Bertz CT molecular complexity index is 981. The number of sulfonamides is 1. The number of rotatable bonds is 6. The van der Waals surface area contributed by atoms with Gasteiger partial charge in [0.2, 0.25) is 15.9 Å². The lowest BCUT2D eigenvalue weighted by Crippen LogP contribution is -2.38. The quantitative estimate of drug-likeness (QED) is 0.657. The van der Waals surface area contributed by atoms with E-state index in [9.17, 15) is 13.2 Å². The molecule has 0 aromatic heterocycles. The number of carbonyl (C=O) groups is 1. The maximum absolute atomic E-state index is 12.9. The fraction of sp³-hybridized carbons (Fsp3) is 0.318. The van der Waals surface area contributed by atoms with Gasteiger partial charge in [-0.3, -0.25) is 4.79 Å². The number of hydrogen-bond acceptors (Lipinski definition) is 3. The van der Waals surface area contributed by atoms with Crippen LogP contribution in [0.5, 0.6) is 0 Å². The highest BCUT2D eigenvalue weighted by molar-refractivity contribution is 7.89. The molecule has 0 bridgehead atoms. The molecule has 1 aliphatic rings. The Morgan fingerprint density at radius 1 is 1.07 bits per heavy atom. The molecular weight excluding hydrogens is 408 g/mol. The van der Waals surface area contributed by atoms with Crippen molar-refractivity contribution in [1.82, 2.24) is 4.31 Å². The minimum absolute atomic E-state index is 0.0584. The zero-order valence-corrected chi connectivity index (χ0v) is 17.9. The first-order chi connectivity index (χ1) is 13.9. The van der Waals surface area contributed by atoms with Crippen LogP contribution in [0.2, 0.25) is 5.02 Å². The third-order valence-corrected chi connectivity index (χ3v) is 7.48. The fourth-order valence-electron chi connectivity index (χ4n) is 3.48. The molecule has 2 aromatic rings. The average Bonchev–Trinajstić information content (AvgIpc) is 2.73. The van der Waals surface area contributed by atoms with Crippen molar-refractivity contribution in [3.8, 4) is 0 Å². The molecule has 3 rings (SSSR count). The van der Waals surface area contributed by atoms with Gasteiger partial charge in [-0.2, -0.15) is 4.31 Å². The molecule has 29 heavy (non-hydrogen) atoms. The van der Waals surface area contributed by atoms with Crippen LogP contribution in [-0.2, 0) is 14.8 Å². The predicted octanol–water partition coefficient (Wildman–Crippen LogP) is 4.95. The topological polar surface area (TPSA) is 66.5 Å². The third kappa shape index (κ3) is 5.47. The Hall–Kier alpha value is -2.15. The molecule has 7 heteroatoms. The molecule has 0 heterocycles. The Kier molecular flexibility index (Phi) is 7.11. The molecule has 1 aliphatic carbocycles. The van der Waals surface area contributed by atoms with E-state index < -0.39 is 10.0 Å².